The van der Waals surface area contributed by atoms with Gasteiger partial charge in [-0.25, -0.2) is 13.1 Å². The molecule has 2 aromatic rings. The number of hydrogen-bond acceptors (Lipinski definition) is 2. The predicted molar refractivity (Wildman–Crippen MR) is 131 cm³/mol. The van der Waals surface area contributed by atoms with Crippen LogP contribution in [0.25, 0.3) is 11.1 Å². The fourth-order valence-electron chi connectivity index (χ4n) is 4.54. The molecule has 0 unspecified atom stereocenters. The monoisotopic (exact) mass is 441 g/mol. The predicted octanol–water partition coefficient (Wildman–Crippen LogP) is 7.24. The van der Waals surface area contributed by atoms with Crippen molar-refractivity contribution in [3.8, 4) is 11.1 Å². The maximum atomic E-state index is 12.7. The molecule has 0 spiro atoms. The van der Waals surface area contributed by atoms with Gasteiger partial charge in [-0.3, -0.25) is 0 Å². The van der Waals surface area contributed by atoms with Crippen LogP contribution in [0.4, 0.5) is 0 Å². The Morgan fingerprint density at radius 1 is 0.710 bits per heavy atom. The third kappa shape index (κ3) is 7.18. The molecule has 0 radical (unpaired) electrons. The van der Waals surface area contributed by atoms with E-state index in [1.165, 1.54) is 75.3 Å². The number of benzene rings is 2. The summed E-state index contributed by atoms with van der Waals surface area (Å²) in [5.41, 5.74) is 4.77. The van der Waals surface area contributed by atoms with Crippen molar-refractivity contribution >= 4 is 10.0 Å². The number of hydrogen-bond donors (Lipinski definition) is 1. The number of sulfonamides is 1. The molecule has 170 valence electrons. The molecule has 3 rings (SSSR count). The molecule has 0 amide bonds. The minimum absolute atomic E-state index is 0.387. The van der Waals surface area contributed by atoms with Gasteiger partial charge in [0.2, 0.25) is 10.0 Å². The van der Waals surface area contributed by atoms with E-state index < -0.39 is 10.0 Å². The number of nitrogens with one attached hydrogen (secondary N) is 1. The van der Waals surface area contributed by atoms with Gasteiger partial charge in [-0.05, 0) is 47.2 Å². The summed E-state index contributed by atoms with van der Waals surface area (Å²) < 4.78 is 28.2. The van der Waals surface area contributed by atoms with E-state index in [1.54, 1.807) is 6.07 Å². The summed E-state index contributed by atoms with van der Waals surface area (Å²) in [6, 6.07) is 13.9. The molecule has 1 N–H and O–H groups in total. The summed E-state index contributed by atoms with van der Waals surface area (Å²) in [6.07, 6.45) is 16.2. The van der Waals surface area contributed by atoms with Gasteiger partial charge in [-0.1, -0.05) is 108 Å². The molecule has 4 heteroatoms. The summed E-state index contributed by atoms with van der Waals surface area (Å²) in [4.78, 5) is 0.387. The van der Waals surface area contributed by atoms with Crippen LogP contribution in [0.5, 0.6) is 0 Å². The van der Waals surface area contributed by atoms with Crippen molar-refractivity contribution < 1.29 is 8.42 Å². The van der Waals surface area contributed by atoms with Crippen LogP contribution in [0, 0.1) is 0 Å². The molecule has 0 aliphatic heterocycles. The highest BCUT2D eigenvalue weighted by atomic mass is 32.2. The fourth-order valence-corrected chi connectivity index (χ4v) is 5.67. The van der Waals surface area contributed by atoms with E-state index in [0.717, 1.165) is 30.4 Å². The molecule has 1 aliphatic carbocycles. The molecular weight excluding hydrogens is 402 g/mol. The topological polar surface area (TPSA) is 46.2 Å². The van der Waals surface area contributed by atoms with Crippen LogP contribution < -0.4 is 4.72 Å². The smallest absolute Gasteiger partial charge is 0.211 e. The summed E-state index contributed by atoms with van der Waals surface area (Å²) >= 11 is 0. The Morgan fingerprint density at radius 2 is 1.29 bits per heavy atom. The van der Waals surface area contributed by atoms with Gasteiger partial charge in [0.25, 0.3) is 0 Å². The summed E-state index contributed by atoms with van der Waals surface area (Å²) in [5, 5.41) is 0. The average Bonchev–Trinajstić information content (AvgIpc) is 3.15. The Kier molecular flexibility index (Phi) is 9.60. The fraction of sp³-hybridized carbons (Fsp3) is 0.556. The van der Waals surface area contributed by atoms with E-state index in [-0.39, 0.29) is 0 Å². The highest BCUT2D eigenvalue weighted by Gasteiger charge is 2.21. The lowest BCUT2D eigenvalue weighted by molar-refractivity contribution is 0.540. The van der Waals surface area contributed by atoms with Crippen molar-refractivity contribution in [2.45, 2.75) is 95.3 Å². The summed E-state index contributed by atoms with van der Waals surface area (Å²) in [7, 11) is -3.43. The summed E-state index contributed by atoms with van der Waals surface area (Å²) in [6.45, 7) is 2.79. The van der Waals surface area contributed by atoms with E-state index in [2.05, 4.69) is 23.8 Å². The van der Waals surface area contributed by atoms with Gasteiger partial charge in [0, 0.05) is 6.54 Å². The quantitative estimate of drug-likeness (QED) is 0.253. The average molecular weight is 442 g/mol. The first kappa shape index (κ1) is 24.0. The van der Waals surface area contributed by atoms with Crippen molar-refractivity contribution in [1.29, 1.82) is 0 Å². The second-order valence-electron chi connectivity index (χ2n) is 8.94. The normalized spacial score (nSPS) is 12.7. The Morgan fingerprint density at radius 3 is 1.97 bits per heavy atom. The van der Waals surface area contributed by atoms with Crippen molar-refractivity contribution in [1.82, 2.24) is 4.72 Å². The molecule has 3 nitrogen and oxygen atoms in total. The van der Waals surface area contributed by atoms with E-state index in [9.17, 15) is 8.42 Å². The zero-order chi connectivity index (χ0) is 21.9. The molecule has 0 fully saturated rings. The SMILES string of the molecule is CCCCCCCCCCCCCCNS(=O)(=O)c1ccc2c(c1)Cc1ccccc1-2. The third-order valence-electron chi connectivity index (χ3n) is 6.40. The van der Waals surface area contributed by atoms with Gasteiger partial charge in [0.05, 0.1) is 4.90 Å². The molecule has 0 bridgehead atoms. The minimum atomic E-state index is -3.43. The second-order valence-corrected chi connectivity index (χ2v) is 10.7. The van der Waals surface area contributed by atoms with Crippen molar-refractivity contribution in [2.75, 3.05) is 6.54 Å². The van der Waals surface area contributed by atoms with Crippen LogP contribution in [-0.2, 0) is 16.4 Å². The molecule has 0 saturated heterocycles. The molecule has 2 aromatic carbocycles. The number of fused-ring (bicyclic) bond motifs is 3. The zero-order valence-electron chi connectivity index (χ0n) is 19.2. The lowest BCUT2D eigenvalue weighted by Gasteiger charge is -2.09. The van der Waals surface area contributed by atoms with Crippen LogP contribution in [0.15, 0.2) is 47.4 Å². The van der Waals surface area contributed by atoms with Gasteiger partial charge in [0.15, 0.2) is 0 Å². The Balaban J connectivity index is 1.30. The Labute approximate surface area is 189 Å². The largest absolute Gasteiger partial charge is 0.240 e. The van der Waals surface area contributed by atoms with Crippen LogP contribution in [0.1, 0.15) is 95.1 Å². The van der Waals surface area contributed by atoms with Gasteiger partial charge in [0.1, 0.15) is 0 Å². The van der Waals surface area contributed by atoms with Crippen LogP contribution in [0.3, 0.4) is 0 Å². The maximum absolute atomic E-state index is 12.7. The van der Waals surface area contributed by atoms with E-state index >= 15 is 0 Å². The second kappa shape index (κ2) is 12.4. The molecular formula is C27H39NO2S. The van der Waals surface area contributed by atoms with Crippen LogP contribution >= 0.6 is 0 Å². The highest BCUT2D eigenvalue weighted by molar-refractivity contribution is 7.89. The Hall–Kier alpha value is -1.65. The zero-order valence-corrected chi connectivity index (χ0v) is 20.0. The molecule has 0 heterocycles. The maximum Gasteiger partial charge on any atom is 0.240 e. The van der Waals surface area contributed by atoms with E-state index in [4.69, 9.17) is 0 Å². The van der Waals surface area contributed by atoms with Crippen molar-refractivity contribution in [3.63, 3.8) is 0 Å². The first-order valence-electron chi connectivity index (χ1n) is 12.3. The van der Waals surface area contributed by atoms with E-state index in [0.29, 0.717) is 11.4 Å². The standard InChI is InChI=1S/C27H39NO2S/c1-2-3-4-5-6-7-8-9-10-11-12-15-20-28-31(29,30)25-18-19-27-24(22-25)21-23-16-13-14-17-26(23)27/h13-14,16-19,22,28H,2-12,15,20-21H2,1H3. The molecule has 0 saturated carbocycles. The molecule has 0 aromatic heterocycles. The first-order chi connectivity index (χ1) is 15.1. The van der Waals surface area contributed by atoms with Gasteiger partial charge in [-0.2, -0.15) is 0 Å². The van der Waals surface area contributed by atoms with E-state index in [1.807, 2.05) is 24.3 Å². The highest BCUT2D eigenvalue weighted by Crippen LogP contribution is 2.37. The van der Waals surface area contributed by atoms with Gasteiger partial charge >= 0.3 is 0 Å². The number of rotatable bonds is 15. The third-order valence-corrected chi connectivity index (χ3v) is 7.86. The Bertz CT molecular complexity index is 921. The minimum Gasteiger partial charge on any atom is -0.211 e. The van der Waals surface area contributed by atoms with Crippen molar-refractivity contribution in [3.05, 3.63) is 53.6 Å². The van der Waals surface area contributed by atoms with Crippen LogP contribution in [0.2, 0.25) is 0 Å². The van der Waals surface area contributed by atoms with Crippen molar-refractivity contribution in [2.24, 2.45) is 0 Å². The van der Waals surface area contributed by atoms with Crippen LogP contribution in [-0.4, -0.2) is 15.0 Å². The van der Waals surface area contributed by atoms with Gasteiger partial charge < -0.3 is 0 Å². The lowest BCUT2D eigenvalue weighted by atomic mass is 10.1. The summed E-state index contributed by atoms with van der Waals surface area (Å²) in [5.74, 6) is 0. The number of unbranched alkanes of at least 4 members (excludes halogenated alkanes) is 11. The molecule has 1 aliphatic rings. The first-order valence-corrected chi connectivity index (χ1v) is 13.8. The molecule has 31 heavy (non-hydrogen) atoms. The lowest BCUT2D eigenvalue weighted by Crippen LogP contribution is -2.24. The van der Waals surface area contributed by atoms with Gasteiger partial charge in [-0.15, -0.1) is 0 Å². The molecule has 0 atom stereocenters.